The van der Waals surface area contributed by atoms with Crippen LogP contribution in [0.25, 0.3) is 11.3 Å². The van der Waals surface area contributed by atoms with Crippen molar-refractivity contribution in [1.82, 2.24) is 46.0 Å². The summed E-state index contributed by atoms with van der Waals surface area (Å²) in [6.07, 6.45) is -13.8. The number of pyridine rings is 1. The van der Waals surface area contributed by atoms with Gasteiger partial charge in [0.25, 0.3) is 5.91 Å². The fraction of sp³-hybridized carbons (Fsp3) is 0.449. The molecule has 18 nitrogen and oxygen atoms in total. The number of alkyl halides is 8. The van der Waals surface area contributed by atoms with E-state index < -0.39 is 115 Å². The molecule has 3 heterocycles. The minimum absolute atomic E-state index is 0.0718. The van der Waals surface area contributed by atoms with Crippen LogP contribution in [0, 0.1) is 34.3 Å². The summed E-state index contributed by atoms with van der Waals surface area (Å²) in [5.41, 5.74) is -4.66. The minimum Gasteiger partial charge on any atom is -0.453 e. The van der Waals surface area contributed by atoms with E-state index in [1.807, 2.05) is 15.6 Å². The van der Waals surface area contributed by atoms with Gasteiger partial charge in [-0.1, -0.05) is 24.0 Å². The predicted octanol–water partition coefficient (Wildman–Crippen LogP) is 5.84. The third-order valence-electron chi connectivity index (χ3n) is 12.7. The van der Waals surface area contributed by atoms with E-state index in [0.717, 1.165) is 26.5 Å². The number of hydrogen-bond donors (Lipinski definition) is 5. The van der Waals surface area contributed by atoms with Crippen molar-refractivity contribution in [1.29, 1.82) is 0 Å². The molecule has 0 aliphatic carbocycles. The average Bonchev–Trinajstić information content (AvgIpc) is 3.87. The van der Waals surface area contributed by atoms with E-state index in [1.54, 1.807) is 29.4 Å². The van der Waals surface area contributed by atoms with Crippen molar-refractivity contribution in [3.05, 3.63) is 101 Å². The fourth-order valence-corrected chi connectivity index (χ4v) is 7.52. The predicted molar refractivity (Wildman–Crippen MR) is 254 cm³/mol. The topological polar surface area (TPSA) is 213 Å². The lowest BCUT2D eigenvalue weighted by Gasteiger charge is -2.38. The zero-order valence-corrected chi connectivity index (χ0v) is 42.2. The van der Waals surface area contributed by atoms with Crippen molar-refractivity contribution >= 4 is 35.7 Å². The molecular weight excluding hydrogens is 1050 g/mol. The normalized spacial score (nSPS) is 15.0. The van der Waals surface area contributed by atoms with E-state index in [4.69, 9.17) is 0 Å². The summed E-state index contributed by atoms with van der Waals surface area (Å²) in [6, 6.07) is 4.75. The van der Waals surface area contributed by atoms with Gasteiger partial charge in [0.1, 0.15) is 29.5 Å². The number of hydrazine groups is 1. The second kappa shape index (κ2) is 24.5. The summed E-state index contributed by atoms with van der Waals surface area (Å²) in [7, 11) is 3.28. The molecule has 1 fully saturated rings. The quantitative estimate of drug-likeness (QED) is 0.0452. The van der Waals surface area contributed by atoms with Gasteiger partial charge in [-0.2, -0.15) is 40.2 Å². The van der Waals surface area contributed by atoms with Gasteiger partial charge in [0.2, 0.25) is 11.8 Å². The number of nitrogens with one attached hydrogen (secondary N) is 4. The molecular formula is C49H54F10N10O8. The maximum absolute atomic E-state index is 16.0. The number of ether oxygens (including phenoxy) is 2. The van der Waals surface area contributed by atoms with Crippen LogP contribution in [0.15, 0.2) is 67.0 Å². The Balaban J connectivity index is 1.53. The molecule has 5 rings (SSSR count). The second-order valence-electron chi connectivity index (χ2n) is 18.8. The van der Waals surface area contributed by atoms with E-state index in [9.17, 15) is 64.2 Å². The number of piperazine rings is 1. The Labute approximate surface area is 434 Å². The van der Waals surface area contributed by atoms with Gasteiger partial charge in [0.05, 0.1) is 49.4 Å². The summed E-state index contributed by atoms with van der Waals surface area (Å²) >= 11 is 0. The Morgan fingerprint density at radius 2 is 1.34 bits per heavy atom. The zero-order chi connectivity index (χ0) is 57.4. The van der Waals surface area contributed by atoms with Gasteiger partial charge in [0, 0.05) is 67.9 Å². The molecule has 28 heteroatoms. The standard InChI is InChI=1S/C49H54F10N10O8/c1-46(2,48(54,55)56)39(62-44(74)76-6)41(72)61-35(20-28-11-8-27(9-12-28)10-13-29-14-15-37(60-23-29)67-19-18-66(5)38(71)26-67)36(70)25-68(65-42(73)40(63-45(75)77-7)47(3,4)49(57,58)59)24-31-32(50)21-30(22-33(31)51)34-16-17-69(64-34)43(52)53/h8-9,11-12,14-17,21-23,35-36,39-40,43,70H,18-20,24-26H2,1-7H3,(H,61,72)(H,62,74)(H,63,75)(H,65,73)/t35-,36-,39+,40+/m0/s1. The Hall–Kier alpha value is -7.67. The average molecular weight is 1100 g/mol. The van der Waals surface area contributed by atoms with Crippen LogP contribution in [0.2, 0.25) is 0 Å². The number of likely N-dealkylation sites (N-methyl/N-ethyl adjacent to an activating group) is 1. The fourth-order valence-electron chi connectivity index (χ4n) is 7.52. The third-order valence-corrected chi connectivity index (χ3v) is 12.7. The van der Waals surface area contributed by atoms with E-state index >= 15 is 8.78 Å². The molecule has 1 aliphatic heterocycles. The summed E-state index contributed by atoms with van der Waals surface area (Å²) in [6.45, 7) is -1.99. The van der Waals surface area contributed by atoms with E-state index in [-0.39, 0.29) is 34.0 Å². The van der Waals surface area contributed by atoms with Crippen LogP contribution >= 0.6 is 0 Å². The van der Waals surface area contributed by atoms with Crippen molar-refractivity contribution in [2.24, 2.45) is 10.8 Å². The summed E-state index contributed by atoms with van der Waals surface area (Å²) in [4.78, 5) is 72.7. The molecule has 4 atom stereocenters. The molecule has 0 saturated carbocycles. The first kappa shape index (κ1) is 60.2. The van der Waals surface area contributed by atoms with Crippen LogP contribution in [0.3, 0.4) is 0 Å². The molecule has 2 aromatic heterocycles. The van der Waals surface area contributed by atoms with Gasteiger partial charge in [-0.15, -0.1) is 0 Å². The number of methoxy groups -OCH3 is 2. The number of rotatable bonds is 18. The van der Waals surface area contributed by atoms with Crippen LogP contribution in [0.1, 0.15) is 56.5 Å². The molecule has 5 N–H and O–H groups in total. The molecule has 418 valence electrons. The highest BCUT2D eigenvalue weighted by atomic mass is 19.4. The number of carbonyl (C=O) groups excluding carboxylic acids is 5. The number of amides is 5. The van der Waals surface area contributed by atoms with Crippen molar-refractivity contribution in [3.63, 3.8) is 0 Å². The second-order valence-corrected chi connectivity index (χ2v) is 18.8. The maximum atomic E-state index is 16.0. The monoisotopic (exact) mass is 1100 g/mol. The van der Waals surface area contributed by atoms with Gasteiger partial charge >= 0.3 is 31.1 Å². The molecule has 1 aliphatic rings. The molecule has 2 aromatic carbocycles. The highest BCUT2D eigenvalue weighted by Crippen LogP contribution is 2.42. The summed E-state index contributed by atoms with van der Waals surface area (Å²) in [5, 5.41) is 21.9. The van der Waals surface area contributed by atoms with Gasteiger partial charge in [-0.3, -0.25) is 19.8 Å². The highest BCUT2D eigenvalue weighted by molar-refractivity contribution is 5.87. The van der Waals surface area contributed by atoms with Gasteiger partial charge < -0.3 is 40.3 Å². The van der Waals surface area contributed by atoms with Crippen molar-refractivity contribution in [3.8, 4) is 23.1 Å². The van der Waals surface area contributed by atoms with Crippen molar-refractivity contribution in [2.45, 2.75) is 83.8 Å². The van der Waals surface area contributed by atoms with E-state index in [0.29, 0.717) is 74.9 Å². The molecule has 77 heavy (non-hydrogen) atoms. The number of benzene rings is 2. The van der Waals surface area contributed by atoms with Gasteiger partial charge in [-0.25, -0.2) is 33.0 Å². The first-order valence-corrected chi connectivity index (χ1v) is 23.1. The number of nitrogens with zero attached hydrogens (tertiary/aromatic N) is 6. The number of anilines is 1. The number of aliphatic hydroxyl groups excluding tert-OH is 1. The van der Waals surface area contributed by atoms with Gasteiger partial charge in [0.15, 0.2) is 0 Å². The van der Waals surface area contributed by atoms with Gasteiger partial charge in [-0.05, 0) is 82.1 Å². The lowest BCUT2D eigenvalue weighted by atomic mass is 9.82. The molecule has 1 saturated heterocycles. The largest absolute Gasteiger partial charge is 0.453 e. The SMILES string of the molecule is COC(=O)N[C@H](C(=O)N[C@@H](Cc1ccc(C#Cc2ccc(N3CCN(C)C(=O)C3)nc2)cc1)[C@@H](O)CN(Cc1c(F)cc(-c2ccn(C(F)F)n2)cc1F)NC(=O)[C@@H](NC(=O)OC)C(C)(C)C(F)(F)F)C(C)(C)C(F)(F)F. The van der Waals surface area contributed by atoms with Crippen molar-refractivity contribution < 1.29 is 82.5 Å². The Bertz CT molecular complexity index is 2800. The maximum Gasteiger partial charge on any atom is 0.407 e. The smallest absolute Gasteiger partial charge is 0.407 e. The molecule has 4 aromatic rings. The Morgan fingerprint density at radius 3 is 1.83 bits per heavy atom. The van der Waals surface area contributed by atoms with Crippen LogP contribution in [0.5, 0.6) is 0 Å². The number of aromatic nitrogens is 3. The minimum atomic E-state index is -5.24. The lowest BCUT2D eigenvalue weighted by Crippen LogP contribution is -2.63. The summed E-state index contributed by atoms with van der Waals surface area (Å²) in [5.74, 6) is 0.216. The molecule has 5 amide bonds. The first-order valence-electron chi connectivity index (χ1n) is 23.1. The first-order chi connectivity index (χ1) is 35.9. The Kier molecular flexibility index (Phi) is 19.2. The summed E-state index contributed by atoms with van der Waals surface area (Å²) < 4.78 is 155. The number of aliphatic hydroxyl groups is 1. The van der Waals surface area contributed by atoms with Crippen LogP contribution in [-0.2, 0) is 36.8 Å². The van der Waals surface area contributed by atoms with Crippen LogP contribution in [0.4, 0.5) is 59.3 Å². The lowest BCUT2D eigenvalue weighted by molar-refractivity contribution is -0.221. The Morgan fingerprint density at radius 1 is 0.792 bits per heavy atom. The van der Waals surface area contributed by atoms with E-state index in [1.165, 1.54) is 30.5 Å². The molecule has 0 radical (unpaired) electrons. The zero-order valence-electron chi connectivity index (χ0n) is 42.2. The highest BCUT2D eigenvalue weighted by Gasteiger charge is 2.57. The number of hydrogen-bond acceptors (Lipinski definition) is 12. The van der Waals surface area contributed by atoms with E-state index in [2.05, 4.69) is 36.7 Å². The number of carbonyl (C=O) groups is 5. The number of alkyl carbamates (subject to hydrolysis) is 2. The molecule has 0 bridgehead atoms. The van der Waals surface area contributed by atoms with Crippen LogP contribution in [-0.4, -0.2) is 144 Å². The molecule has 0 unspecified atom stereocenters. The van der Waals surface area contributed by atoms with Crippen LogP contribution < -0.4 is 26.3 Å². The third kappa shape index (κ3) is 15.1. The number of halogens is 10. The molecule has 0 spiro atoms. The van der Waals surface area contributed by atoms with Crippen molar-refractivity contribution in [2.75, 3.05) is 52.3 Å².